The summed E-state index contributed by atoms with van der Waals surface area (Å²) in [4.78, 5) is 29.0. The monoisotopic (exact) mass is 293 g/mol. The van der Waals surface area contributed by atoms with Crippen LogP contribution < -0.4 is 5.32 Å². The lowest BCUT2D eigenvalue weighted by Crippen LogP contribution is -2.46. The van der Waals surface area contributed by atoms with Gasteiger partial charge in [0.15, 0.2) is 0 Å². The molecule has 0 bridgehead atoms. The Hall–Kier alpha value is -1.98. The average molecular weight is 293 g/mol. The van der Waals surface area contributed by atoms with E-state index in [0.29, 0.717) is 19.5 Å². The van der Waals surface area contributed by atoms with Crippen molar-refractivity contribution in [2.75, 3.05) is 13.1 Å². The Labute approximate surface area is 123 Å². The molecule has 2 heterocycles. The van der Waals surface area contributed by atoms with Gasteiger partial charge in [-0.2, -0.15) is 4.39 Å². The van der Waals surface area contributed by atoms with Gasteiger partial charge in [-0.25, -0.2) is 4.98 Å². The maximum Gasteiger partial charge on any atom is 0.272 e. The van der Waals surface area contributed by atoms with Gasteiger partial charge in [-0.05, 0) is 31.4 Å². The van der Waals surface area contributed by atoms with Gasteiger partial charge >= 0.3 is 0 Å². The van der Waals surface area contributed by atoms with Crippen LogP contribution in [0.3, 0.4) is 0 Å². The van der Waals surface area contributed by atoms with E-state index in [2.05, 4.69) is 10.3 Å². The standard InChI is InChI=1S/C15H20FN3O2/c1-2-4-14(20)17-11-7-9-19(10-8-11)15(21)12-5-3-6-13(16)18-12/h3,5-6,11H,2,4,7-10H2,1H3,(H,17,20). The fourth-order valence-electron chi connectivity index (χ4n) is 2.44. The number of halogens is 1. The van der Waals surface area contributed by atoms with Gasteiger partial charge in [0.1, 0.15) is 5.69 Å². The van der Waals surface area contributed by atoms with Crippen LogP contribution in [0.15, 0.2) is 18.2 Å². The van der Waals surface area contributed by atoms with E-state index < -0.39 is 5.95 Å². The number of carbonyl (C=O) groups excluding carboxylic acids is 2. The summed E-state index contributed by atoms with van der Waals surface area (Å²) >= 11 is 0. The van der Waals surface area contributed by atoms with Crippen LogP contribution in [0.2, 0.25) is 0 Å². The number of nitrogens with zero attached hydrogens (tertiary/aromatic N) is 2. The lowest BCUT2D eigenvalue weighted by molar-refractivity contribution is -0.122. The molecule has 1 aliphatic heterocycles. The third-order valence-corrected chi connectivity index (χ3v) is 3.56. The second-order valence-corrected chi connectivity index (χ2v) is 5.23. The van der Waals surface area contributed by atoms with Crippen molar-refractivity contribution in [3.8, 4) is 0 Å². The molecule has 2 amide bonds. The highest BCUT2D eigenvalue weighted by molar-refractivity contribution is 5.92. The lowest BCUT2D eigenvalue weighted by atomic mass is 10.0. The summed E-state index contributed by atoms with van der Waals surface area (Å²) in [6.45, 7) is 3.06. The molecule has 0 radical (unpaired) electrons. The number of amides is 2. The average Bonchev–Trinajstić information content (AvgIpc) is 2.47. The number of aromatic nitrogens is 1. The van der Waals surface area contributed by atoms with Crippen molar-refractivity contribution in [1.29, 1.82) is 0 Å². The van der Waals surface area contributed by atoms with Crippen molar-refractivity contribution in [1.82, 2.24) is 15.2 Å². The maximum atomic E-state index is 13.0. The van der Waals surface area contributed by atoms with Gasteiger partial charge in [0, 0.05) is 25.6 Å². The molecule has 0 spiro atoms. The number of rotatable bonds is 4. The quantitative estimate of drug-likeness (QED) is 0.860. The summed E-state index contributed by atoms with van der Waals surface area (Å²) in [6, 6.07) is 4.33. The first kappa shape index (κ1) is 15.4. The Morgan fingerprint density at radius 3 is 2.71 bits per heavy atom. The minimum absolute atomic E-state index is 0.0640. The molecule has 1 aliphatic rings. The van der Waals surface area contributed by atoms with Crippen LogP contribution >= 0.6 is 0 Å². The molecule has 1 fully saturated rings. The minimum Gasteiger partial charge on any atom is -0.353 e. The van der Waals surface area contributed by atoms with Crippen LogP contribution in [-0.2, 0) is 4.79 Å². The molecule has 1 N–H and O–H groups in total. The molecule has 0 aliphatic carbocycles. The second kappa shape index (κ2) is 7.15. The van der Waals surface area contributed by atoms with Crippen molar-refractivity contribution < 1.29 is 14.0 Å². The normalized spacial score (nSPS) is 15.8. The van der Waals surface area contributed by atoms with E-state index in [1.54, 1.807) is 4.90 Å². The maximum absolute atomic E-state index is 13.0. The molecular weight excluding hydrogens is 273 g/mol. The van der Waals surface area contributed by atoms with Gasteiger partial charge < -0.3 is 10.2 Å². The Bertz CT molecular complexity index is 513. The SMILES string of the molecule is CCCC(=O)NC1CCN(C(=O)c2cccc(F)n2)CC1. The predicted octanol–water partition coefficient (Wildman–Crippen LogP) is 1.74. The van der Waals surface area contributed by atoms with Crippen molar-refractivity contribution in [3.05, 3.63) is 29.8 Å². The van der Waals surface area contributed by atoms with E-state index in [9.17, 15) is 14.0 Å². The Morgan fingerprint density at radius 1 is 1.38 bits per heavy atom. The van der Waals surface area contributed by atoms with E-state index in [1.807, 2.05) is 6.92 Å². The molecule has 114 valence electrons. The second-order valence-electron chi connectivity index (χ2n) is 5.23. The van der Waals surface area contributed by atoms with E-state index in [-0.39, 0.29) is 23.6 Å². The van der Waals surface area contributed by atoms with Gasteiger partial charge in [0.2, 0.25) is 11.9 Å². The van der Waals surface area contributed by atoms with Crippen LogP contribution in [0.4, 0.5) is 4.39 Å². The number of hydrogen-bond acceptors (Lipinski definition) is 3. The predicted molar refractivity (Wildman–Crippen MR) is 76.2 cm³/mol. The van der Waals surface area contributed by atoms with E-state index in [1.165, 1.54) is 18.2 Å². The molecular formula is C15H20FN3O2. The van der Waals surface area contributed by atoms with Crippen molar-refractivity contribution in [3.63, 3.8) is 0 Å². The van der Waals surface area contributed by atoms with E-state index in [4.69, 9.17) is 0 Å². The fraction of sp³-hybridized carbons (Fsp3) is 0.533. The molecule has 1 saturated heterocycles. The van der Waals surface area contributed by atoms with Gasteiger partial charge in [0.25, 0.3) is 5.91 Å². The van der Waals surface area contributed by atoms with E-state index in [0.717, 1.165) is 19.3 Å². The van der Waals surface area contributed by atoms with Gasteiger partial charge in [-0.15, -0.1) is 0 Å². The number of nitrogens with one attached hydrogen (secondary N) is 1. The number of carbonyl (C=O) groups is 2. The van der Waals surface area contributed by atoms with Crippen LogP contribution in [0.5, 0.6) is 0 Å². The molecule has 1 aromatic rings. The highest BCUT2D eigenvalue weighted by Crippen LogP contribution is 2.13. The summed E-state index contributed by atoms with van der Waals surface area (Å²) in [5.41, 5.74) is 0.128. The van der Waals surface area contributed by atoms with Crippen molar-refractivity contribution >= 4 is 11.8 Å². The molecule has 2 rings (SSSR count). The van der Waals surface area contributed by atoms with Crippen LogP contribution in [-0.4, -0.2) is 40.8 Å². The highest BCUT2D eigenvalue weighted by atomic mass is 19.1. The molecule has 0 aromatic carbocycles. The zero-order valence-electron chi connectivity index (χ0n) is 12.1. The summed E-state index contributed by atoms with van der Waals surface area (Å²) in [5.74, 6) is -0.843. The molecule has 5 nitrogen and oxygen atoms in total. The molecule has 21 heavy (non-hydrogen) atoms. The first-order chi connectivity index (χ1) is 10.1. The number of pyridine rings is 1. The first-order valence-electron chi connectivity index (χ1n) is 7.31. The molecule has 0 saturated carbocycles. The zero-order valence-corrected chi connectivity index (χ0v) is 12.1. The molecule has 1 aromatic heterocycles. The van der Waals surface area contributed by atoms with Gasteiger partial charge in [0.05, 0.1) is 0 Å². The van der Waals surface area contributed by atoms with Gasteiger partial charge in [-0.1, -0.05) is 13.0 Å². The summed E-state index contributed by atoms with van der Waals surface area (Å²) < 4.78 is 13.0. The lowest BCUT2D eigenvalue weighted by Gasteiger charge is -2.32. The largest absolute Gasteiger partial charge is 0.353 e. The Kier molecular flexibility index (Phi) is 5.25. The molecule has 6 heteroatoms. The summed E-state index contributed by atoms with van der Waals surface area (Å²) in [7, 11) is 0. The van der Waals surface area contributed by atoms with E-state index >= 15 is 0 Å². The number of likely N-dealkylation sites (tertiary alicyclic amines) is 1. The summed E-state index contributed by atoms with van der Waals surface area (Å²) in [6.07, 6.45) is 2.80. The topological polar surface area (TPSA) is 62.3 Å². The van der Waals surface area contributed by atoms with Crippen LogP contribution in [0, 0.1) is 5.95 Å². The fourth-order valence-corrected chi connectivity index (χ4v) is 2.44. The van der Waals surface area contributed by atoms with Crippen molar-refractivity contribution in [2.45, 2.75) is 38.6 Å². The zero-order chi connectivity index (χ0) is 15.2. The summed E-state index contributed by atoms with van der Waals surface area (Å²) in [5, 5.41) is 2.98. The Balaban J connectivity index is 1.86. The number of piperidine rings is 1. The highest BCUT2D eigenvalue weighted by Gasteiger charge is 2.25. The molecule has 0 unspecified atom stereocenters. The minimum atomic E-state index is -0.650. The van der Waals surface area contributed by atoms with Gasteiger partial charge in [-0.3, -0.25) is 9.59 Å². The molecule has 0 atom stereocenters. The van der Waals surface area contributed by atoms with Crippen molar-refractivity contribution in [2.24, 2.45) is 0 Å². The van der Waals surface area contributed by atoms with Crippen LogP contribution in [0.1, 0.15) is 43.1 Å². The van der Waals surface area contributed by atoms with Crippen LogP contribution in [0.25, 0.3) is 0 Å². The Morgan fingerprint density at radius 2 is 2.10 bits per heavy atom. The smallest absolute Gasteiger partial charge is 0.272 e. The number of hydrogen-bond donors (Lipinski definition) is 1. The first-order valence-corrected chi connectivity index (χ1v) is 7.31. The third-order valence-electron chi connectivity index (χ3n) is 3.56. The third kappa shape index (κ3) is 4.24.